The largest absolute Gasteiger partial charge is 0.397 e. The van der Waals surface area contributed by atoms with Gasteiger partial charge in [-0.05, 0) is 30.3 Å². The smallest absolute Gasteiger partial charge is 0.0612 e. The molecule has 4 heteroatoms. The highest BCUT2D eigenvalue weighted by Gasteiger charge is 2.06. The van der Waals surface area contributed by atoms with Crippen LogP contribution in [-0.2, 0) is 0 Å². The minimum absolute atomic E-state index is 0.715. The molecule has 0 fully saturated rings. The van der Waals surface area contributed by atoms with Gasteiger partial charge in [0.25, 0.3) is 0 Å². The number of halogens is 1. The van der Waals surface area contributed by atoms with Crippen LogP contribution in [0.5, 0.6) is 0 Å². The van der Waals surface area contributed by atoms with Crippen LogP contribution in [0.25, 0.3) is 0 Å². The van der Waals surface area contributed by atoms with E-state index in [0.717, 1.165) is 23.7 Å². The molecule has 0 spiro atoms. The monoisotopic (exact) mass is 292 g/mol. The van der Waals surface area contributed by atoms with Gasteiger partial charge in [-0.2, -0.15) is 0 Å². The van der Waals surface area contributed by atoms with Gasteiger partial charge in [-0.15, -0.1) is 11.8 Å². The second-order valence-corrected chi connectivity index (χ2v) is 5.89. The molecule has 100 valence electrons. The average Bonchev–Trinajstić information content (AvgIpc) is 2.42. The zero-order chi connectivity index (χ0) is 13.7. The highest BCUT2D eigenvalue weighted by molar-refractivity contribution is 7.99. The van der Waals surface area contributed by atoms with Crippen LogP contribution in [-0.4, -0.2) is 19.3 Å². The summed E-state index contributed by atoms with van der Waals surface area (Å²) in [7, 11) is 2.04. The summed E-state index contributed by atoms with van der Waals surface area (Å²) in [5.41, 5.74) is 7.71. The summed E-state index contributed by atoms with van der Waals surface area (Å²) in [6.45, 7) is 0.921. The number of nitrogens with two attached hydrogens (primary N) is 1. The van der Waals surface area contributed by atoms with Gasteiger partial charge in [-0.1, -0.05) is 29.8 Å². The molecule has 0 bridgehead atoms. The Morgan fingerprint density at radius 3 is 2.63 bits per heavy atom. The predicted molar refractivity (Wildman–Crippen MR) is 86.3 cm³/mol. The summed E-state index contributed by atoms with van der Waals surface area (Å²) >= 11 is 7.84. The van der Waals surface area contributed by atoms with Gasteiger partial charge in [0, 0.05) is 29.3 Å². The molecule has 0 aliphatic heterocycles. The first-order chi connectivity index (χ1) is 9.16. The second-order valence-electron chi connectivity index (χ2n) is 4.29. The van der Waals surface area contributed by atoms with E-state index < -0.39 is 0 Å². The minimum atomic E-state index is 0.715. The number of thioether (sulfide) groups is 1. The summed E-state index contributed by atoms with van der Waals surface area (Å²) in [6, 6.07) is 16.0. The second kappa shape index (κ2) is 6.73. The SMILES string of the molecule is CN(CCSc1ccccc1)c1cc(Cl)ccc1N. The van der Waals surface area contributed by atoms with Crippen LogP contribution < -0.4 is 10.6 Å². The standard InChI is InChI=1S/C15H17ClN2S/c1-18(15-11-12(16)7-8-14(15)17)9-10-19-13-5-3-2-4-6-13/h2-8,11H,9-10,17H2,1H3. The molecular formula is C15H17ClN2S. The van der Waals surface area contributed by atoms with Crippen LogP contribution in [0.3, 0.4) is 0 Å². The molecule has 2 rings (SSSR count). The quantitative estimate of drug-likeness (QED) is 0.663. The van der Waals surface area contributed by atoms with Crippen molar-refractivity contribution in [2.75, 3.05) is 30.0 Å². The number of nitrogen functional groups attached to an aromatic ring is 1. The average molecular weight is 293 g/mol. The van der Waals surface area contributed by atoms with Crippen molar-refractivity contribution in [2.24, 2.45) is 0 Å². The van der Waals surface area contributed by atoms with E-state index in [1.165, 1.54) is 4.90 Å². The van der Waals surface area contributed by atoms with Crippen LogP contribution >= 0.6 is 23.4 Å². The lowest BCUT2D eigenvalue weighted by molar-refractivity contribution is 0.979. The van der Waals surface area contributed by atoms with Crippen molar-refractivity contribution >= 4 is 34.7 Å². The Morgan fingerprint density at radius 1 is 1.16 bits per heavy atom. The molecule has 2 N–H and O–H groups in total. The third-order valence-electron chi connectivity index (χ3n) is 2.84. The summed E-state index contributed by atoms with van der Waals surface area (Å²) in [6.07, 6.45) is 0. The van der Waals surface area contributed by atoms with Crippen molar-refractivity contribution in [3.63, 3.8) is 0 Å². The molecule has 0 unspecified atom stereocenters. The molecule has 0 aliphatic carbocycles. The molecule has 0 aromatic heterocycles. The third-order valence-corrected chi connectivity index (χ3v) is 4.07. The van der Waals surface area contributed by atoms with E-state index in [-0.39, 0.29) is 0 Å². The van der Waals surface area contributed by atoms with Gasteiger partial charge in [-0.25, -0.2) is 0 Å². The first kappa shape index (κ1) is 14.1. The van der Waals surface area contributed by atoms with E-state index >= 15 is 0 Å². The van der Waals surface area contributed by atoms with E-state index in [9.17, 15) is 0 Å². The fourth-order valence-electron chi connectivity index (χ4n) is 1.79. The predicted octanol–water partition coefficient (Wildman–Crippen LogP) is 4.15. The maximum Gasteiger partial charge on any atom is 0.0612 e. The molecule has 0 amide bonds. The molecule has 0 saturated carbocycles. The lowest BCUT2D eigenvalue weighted by Crippen LogP contribution is -2.21. The van der Waals surface area contributed by atoms with Crippen molar-refractivity contribution in [3.05, 3.63) is 53.6 Å². The molecule has 0 aliphatic rings. The number of hydrogen-bond acceptors (Lipinski definition) is 3. The summed E-state index contributed by atoms with van der Waals surface area (Å²) in [5, 5.41) is 0.715. The molecule has 2 aromatic rings. The molecule has 0 heterocycles. The van der Waals surface area contributed by atoms with Gasteiger partial charge in [0.2, 0.25) is 0 Å². The van der Waals surface area contributed by atoms with Gasteiger partial charge >= 0.3 is 0 Å². The molecular weight excluding hydrogens is 276 g/mol. The van der Waals surface area contributed by atoms with Gasteiger partial charge in [0.05, 0.1) is 11.4 Å². The Labute approximate surface area is 123 Å². The third kappa shape index (κ3) is 4.08. The van der Waals surface area contributed by atoms with Crippen LogP contribution in [0.1, 0.15) is 0 Å². The number of rotatable bonds is 5. The summed E-state index contributed by atoms with van der Waals surface area (Å²) in [5.74, 6) is 1.01. The Kier molecular flexibility index (Phi) is 5.00. The van der Waals surface area contributed by atoms with Crippen LogP contribution in [0.4, 0.5) is 11.4 Å². The first-order valence-corrected chi connectivity index (χ1v) is 7.47. The first-order valence-electron chi connectivity index (χ1n) is 6.11. The Balaban J connectivity index is 1.91. The van der Waals surface area contributed by atoms with Gasteiger partial charge in [0.15, 0.2) is 0 Å². The van der Waals surface area contributed by atoms with Gasteiger partial charge < -0.3 is 10.6 Å². The van der Waals surface area contributed by atoms with Crippen molar-refractivity contribution in [1.29, 1.82) is 0 Å². The molecule has 2 nitrogen and oxygen atoms in total. The number of anilines is 2. The van der Waals surface area contributed by atoms with E-state index in [0.29, 0.717) is 5.02 Å². The van der Waals surface area contributed by atoms with E-state index in [2.05, 4.69) is 29.2 Å². The Morgan fingerprint density at radius 2 is 1.89 bits per heavy atom. The van der Waals surface area contributed by atoms with Crippen molar-refractivity contribution in [1.82, 2.24) is 0 Å². The lowest BCUT2D eigenvalue weighted by atomic mass is 10.2. The van der Waals surface area contributed by atoms with Crippen LogP contribution in [0.2, 0.25) is 5.02 Å². The zero-order valence-corrected chi connectivity index (χ0v) is 12.4. The number of benzene rings is 2. The highest BCUT2D eigenvalue weighted by Crippen LogP contribution is 2.26. The van der Waals surface area contributed by atoms with E-state index in [4.69, 9.17) is 17.3 Å². The Bertz CT molecular complexity index is 531. The maximum absolute atomic E-state index is 6.00. The van der Waals surface area contributed by atoms with Gasteiger partial charge in [0.1, 0.15) is 0 Å². The fourth-order valence-corrected chi connectivity index (χ4v) is 2.90. The van der Waals surface area contributed by atoms with Crippen molar-refractivity contribution in [3.8, 4) is 0 Å². The molecule has 0 radical (unpaired) electrons. The number of hydrogen-bond donors (Lipinski definition) is 1. The maximum atomic E-state index is 6.00. The molecule has 19 heavy (non-hydrogen) atoms. The van der Waals surface area contributed by atoms with E-state index in [1.54, 1.807) is 0 Å². The number of nitrogens with zero attached hydrogens (tertiary/aromatic N) is 1. The zero-order valence-electron chi connectivity index (χ0n) is 10.8. The van der Waals surface area contributed by atoms with E-state index in [1.807, 2.05) is 43.1 Å². The van der Waals surface area contributed by atoms with Crippen molar-refractivity contribution in [2.45, 2.75) is 4.90 Å². The normalized spacial score (nSPS) is 10.4. The van der Waals surface area contributed by atoms with Crippen molar-refractivity contribution < 1.29 is 0 Å². The summed E-state index contributed by atoms with van der Waals surface area (Å²) in [4.78, 5) is 3.42. The van der Waals surface area contributed by atoms with Crippen LogP contribution in [0, 0.1) is 0 Å². The lowest BCUT2D eigenvalue weighted by Gasteiger charge is -2.21. The van der Waals surface area contributed by atoms with Crippen LogP contribution in [0.15, 0.2) is 53.4 Å². The Hall–Kier alpha value is -1.32. The minimum Gasteiger partial charge on any atom is -0.397 e. The van der Waals surface area contributed by atoms with Gasteiger partial charge in [-0.3, -0.25) is 0 Å². The molecule has 0 saturated heterocycles. The topological polar surface area (TPSA) is 29.3 Å². The highest BCUT2D eigenvalue weighted by atomic mass is 35.5. The fraction of sp³-hybridized carbons (Fsp3) is 0.200. The molecule has 0 atom stereocenters. The summed E-state index contributed by atoms with van der Waals surface area (Å²) < 4.78 is 0. The molecule has 2 aromatic carbocycles.